The number of carbonyl (C=O) groups is 1. The van der Waals surface area contributed by atoms with Gasteiger partial charge < -0.3 is 9.47 Å². The molecular formula is C21H21N3O6S. The number of hydroxylamine groups is 1. The Hall–Kier alpha value is -3.63. The van der Waals surface area contributed by atoms with Crippen LogP contribution in [0.3, 0.4) is 0 Å². The zero-order valence-electron chi connectivity index (χ0n) is 16.9. The summed E-state index contributed by atoms with van der Waals surface area (Å²) in [6, 6.07) is 11.1. The van der Waals surface area contributed by atoms with Gasteiger partial charge in [0.2, 0.25) is 0 Å². The standard InChI is InChI=1S/C21H21N3O6S/c1-4-14-7-6-8-17-19(14)22-13-18(30-21(25)23-26)20(17)24(5-2)31(27,28)16-11-9-15(29-3)10-12-16/h4,6-13,26H,1,5H2,2-3H3,(H,23,25). The van der Waals surface area contributed by atoms with Crippen molar-refractivity contribution in [2.24, 2.45) is 0 Å². The van der Waals surface area contributed by atoms with Crippen molar-refractivity contribution in [3.63, 3.8) is 0 Å². The van der Waals surface area contributed by atoms with Gasteiger partial charge in [0.1, 0.15) is 11.4 Å². The summed E-state index contributed by atoms with van der Waals surface area (Å²) >= 11 is 0. The minimum atomic E-state index is -4.06. The van der Waals surface area contributed by atoms with Crippen LogP contribution in [0, 0.1) is 0 Å². The third-order valence-electron chi connectivity index (χ3n) is 4.56. The highest BCUT2D eigenvalue weighted by molar-refractivity contribution is 7.92. The topological polar surface area (TPSA) is 118 Å². The number of rotatable bonds is 7. The molecule has 31 heavy (non-hydrogen) atoms. The number of nitrogens with zero attached hydrogens (tertiary/aromatic N) is 2. The first-order valence-electron chi connectivity index (χ1n) is 9.20. The molecule has 9 nitrogen and oxygen atoms in total. The lowest BCUT2D eigenvalue weighted by Gasteiger charge is -2.26. The molecule has 0 saturated carbocycles. The van der Waals surface area contributed by atoms with E-state index in [0.717, 1.165) is 4.31 Å². The van der Waals surface area contributed by atoms with Gasteiger partial charge in [-0.1, -0.05) is 30.9 Å². The molecule has 1 aromatic heterocycles. The predicted octanol–water partition coefficient (Wildman–Crippen LogP) is 3.58. The maximum atomic E-state index is 13.5. The van der Waals surface area contributed by atoms with E-state index < -0.39 is 16.1 Å². The minimum absolute atomic E-state index is 0.0255. The number of anilines is 1. The zero-order valence-corrected chi connectivity index (χ0v) is 17.7. The van der Waals surface area contributed by atoms with E-state index in [-0.39, 0.29) is 22.9 Å². The Morgan fingerprint density at radius 2 is 1.97 bits per heavy atom. The van der Waals surface area contributed by atoms with Crippen LogP contribution in [0.1, 0.15) is 12.5 Å². The van der Waals surface area contributed by atoms with Crippen LogP contribution in [-0.4, -0.2) is 38.4 Å². The van der Waals surface area contributed by atoms with Gasteiger partial charge in [0.25, 0.3) is 10.0 Å². The van der Waals surface area contributed by atoms with Crippen molar-refractivity contribution < 1.29 is 27.9 Å². The first-order chi connectivity index (χ1) is 14.9. The first kappa shape index (κ1) is 22.1. The van der Waals surface area contributed by atoms with Crippen LogP contribution in [-0.2, 0) is 10.0 Å². The van der Waals surface area contributed by atoms with Crippen LogP contribution in [0.5, 0.6) is 11.5 Å². The Bertz CT molecular complexity index is 1230. The number of hydrogen-bond donors (Lipinski definition) is 2. The number of benzene rings is 2. The molecule has 2 aromatic carbocycles. The summed E-state index contributed by atoms with van der Waals surface area (Å²) in [5.41, 5.74) is 2.63. The molecule has 0 bridgehead atoms. The molecule has 1 heterocycles. The molecule has 0 radical (unpaired) electrons. The Labute approximate surface area is 179 Å². The number of amides is 1. The number of fused-ring (bicyclic) bond motifs is 1. The molecule has 3 aromatic rings. The summed E-state index contributed by atoms with van der Waals surface area (Å²) in [6.45, 7) is 5.44. The van der Waals surface area contributed by atoms with Crippen LogP contribution in [0.4, 0.5) is 10.5 Å². The van der Waals surface area contributed by atoms with Gasteiger partial charge in [-0.25, -0.2) is 18.7 Å². The molecule has 0 spiro atoms. The molecule has 0 fully saturated rings. The SMILES string of the molecule is C=Cc1cccc2c(N(CC)S(=O)(=O)c3ccc(OC)cc3)c(OC(=O)NO)cnc12. The van der Waals surface area contributed by atoms with Crippen molar-refractivity contribution in [2.45, 2.75) is 11.8 Å². The van der Waals surface area contributed by atoms with Gasteiger partial charge in [0, 0.05) is 17.5 Å². The monoisotopic (exact) mass is 443 g/mol. The molecule has 0 aliphatic heterocycles. The maximum Gasteiger partial charge on any atom is 0.436 e. The molecule has 0 saturated heterocycles. The zero-order chi connectivity index (χ0) is 22.6. The summed E-state index contributed by atoms with van der Waals surface area (Å²) in [7, 11) is -2.57. The highest BCUT2D eigenvalue weighted by Gasteiger charge is 2.29. The second-order valence-electron chi connectivity index (χ2n) is 6.27. The number of nitrogens with one attached hydrogen (secondary N) is 1. The summed E-state index contributed by atoms with van der Waals surface area (Å²) in [4.78, 5) is 16.0. The second kappa shape index (κ2) is 9.02. The lowest BCUT2D eigenvalue weighted by atomic mass is 10.1. The van der Waals surface area contributed by atoms with Crippen molar-refractivity contribution in [3.05, 3.63) is 60.8 Å². The van der Waals surface area contributed by atoms with Crippen LogP contribution >= 0.6 is 0 Å². The maximum absolute atomic E-state index is 13.5. The van der Waals surface area contributed by atoms with E-state index in [2.05, 4.69) is 11.6 Å². The predicted molar refractivity (Wildman–Crippen MR) is 116 cm³/mol. The molecule has 2 N–H and O–H groups in total. The van der Waals surface area contributed by atoms with Crippen LogP contribution in [0.2, 0.25) is 0 Å². The number of pyridine rings is 1. The molecule has 0 unspecified atom stereocenters. The number of carbonyl (C=O) groups excluding carboxylic acids is 1. The van der Waals surface area contributed by atoms with Gasteiger partial charge in [-0.2, -0.15) is 0 Å². The van der Waals surface area contributed by atoms with Gasteiger partial charge >= 0.3 is 6.09 Å². The highest BCUT2D eigenvalue weighted by atomic mass is 32.2. The lowest BCUT2D eigenvalue weighted by Crippen LogP contribution is -2.32. The van der Waals surface area contributed by atoms with E-state index in [4.69, 9.17) is 14.7 Å². The summed E-state index contributed by atoms with van der Waals surface area (Å²) in [5, 5.41) is 9.29. The quantitative estimate of drug-likeness (QED) is 0.423. The van der Waals surface area contributed by atoms with Gasteiger partial charge in [0.05, 0.1) is 23.7 Å². The van der Waals surface area contributed by atoms with E-state index in [1.54, 1.807) is 31.2 Å². The second-order valence-corrected chi connectivity index (χ2v) is 8.13. The fourth-order valence-electron chi connectivity index (χ4n) is 3.16. The van der Waals surface area contributed by atoms with Crippen molar-refractivity contribution >= 4 is 38.8 Å². The number of ether oxygens (including phenoxy) is 2. The fraction of sp³-hybridized carbons (Fsp3) is 0.143. The molecule has 1 amide bonds. The van der Waals surface area contributed by atoms with Gasteiger partial charge in [-0.15, -0.1) is 0 Å². The Morgan fingerprint density at radius 3 is 2.55 bits per heavy atom. The van der Waals surface area contributed by atoms with E-state index in [1.807, 2.05) is 0 Å². The fourth-order valence-corrected chi connectivity index (χ4v) is 4.66. The number of para-hydroxylation sites is 1. The highest BCUT2D eigenvalue weighted by Crippen LogP contribution is 2.39. The molecule has 0 aliphatic rings. The molecule has 0 aliphatic carbocycles. The van der Waals surface area contributed by atoms with Crippen molar-refractivity contribution in [2.75, 3.05) is 18.0 Å². The van der Waals surface area contributed by atoms with E-state index >= 15 is 0 Å². The molecule has 3 rings (SSSR count). The normalized spacial score (nSPS) is 11.1. The number of aromatic nitrogens is 1. The molecular weight excluding hydrogens is 422 g/mol. The average molecular weight is 443 g/mol. The van der Waals surface area contributed by atoms with Crippen molar-refractivity contribution in [1.29, 1.82) is 0 Å². The molecule has 162 valence electrons. The van der Waals surface area contributed by atoms with Crippen LogP contribution < -0.4 is 19.3 Å². The van der Waals surface area contributed by atoms with E-state index in [0.29, 0.717) is 22.2 Å². The molecule has 0 atom stereocenters. The first-order valence-corrected chi connectivity index (χ1v) is 10.6. The number of hydrogen-bond acceptors (Lipinski definition) is 7. The van der Waals surface area contributed by atoms with E-state index in [9.17, 15) is 13.2 Å². The molecule has 10 heteroatoms. The Morgan fingerprint density at radius 1 is 1.26 bits per heavy atom. The van der Waals surface area contributed by atoms with Crippen LogP contribution in [0.25, 0.3) is 17.0 Å². The average Bonchev–Trinajstić information content (AvgIpc) is 2.79. The van der Waals surface area contributed by atoms with Gasteiger partial charge in [0.15, 0.2) is 5.75 Å². The van der Waals surface area contributed by atoms with Gasteiger partial charge in [-0.05, 0) is 31.2 Å². The summed E-state index contributed by atoms with van der Waals surface area (Å²) < 4.78 is 38.3. The third kappa shape index (κ3) is 4.16. The summed E-state index contributed by atoms with van der Waals surface area (Å²) in [6.07, 6.45) is 1.64. The lowest BCUT2D eigenvalue weighted by molar-refractivity contribution is 0.127. The number of methoxy groups -OCH3 is 1. The van der Waals surface area contributed by atoms with Crippen molar-refractivity contribution in [3.8, 4) is 11.5 Å². The largest absolute Gasteiger partial charge is 0.497 e. The van der Waals surface area contributed by atoms with Gasteiger partial charge in [-0.3, -0.25) is 14.5 Å². The number of sulfonamides is 1. The van der Waals surface area contributed by atoms with Crippen molar-refractivity contribution in [1.82, 2.24) is 10.5 Å². The Kier molecular flexibility index (Phi) is 6.42. The van der Waals surface area contributed by atoms with E-state index in [1.165, 1.54) is 43.1 Å². The smallest absolute Gasteiger partial charge is 0.436 e. The summed E-state index contributed by atoms with van der Waals surface area (Å²) in [5.74, 6) is 0.370. The minimum Gasteiger partial charge on any atom is -0.497 e. The third-order valence-corrected chi connectivity index (χ3v) is 6.45. The van der Waals surface area contributed by atoms with Crippen LogP contribution in [0.15, 0.2) is 60.1 Å². The Balaban J connectivity index is 2.28.